The number of ether oxygens (including phenoxy) is 1. The van der Waals surface area contributed by atoms with Crippen molar-refractivity contribution in [3.63, 3.8) is 0 Å². The number of amides is 1. The van der Waals surface area contributed by atoms with Crippen LogP contribution in [-0.4, -0.2) is 58.8 Å². The van der Waals surface area contributed by atoms with E-state index in [2.05, 4.69) is 13.8 Å². The minimum Gasteiger partial charge on any atom is -0.383 e. The molecule has 7 heteroatoms. The van der Waals surface area contributed by atoms with Gasteiger partial charge in [0.1, 0.15) is 0 Å². The summed E-state index contributed by atoms with van der Waals surface area (Å²) in [6.45, 7) is 6.27. The molecule has 6 nitrogen and oxygen atoms in total. The molecule has 1 aromatic rings. The molecule has 0 saturated carbocycles. The van der Waals surface area contributed by atoms with Gasteiger partial charge in [0, 0.05) is 32.3 Å². The highest BCUT2D eigenvalue weighted by molar-refractivity contribution is 7.92. The normalized spacial score (nSPS) is 14.1. The Kier molecular flexibility index (Phi) is 5.87. The second-order valence-electron chi connectivity index (χ2n) is 6.57. The summed E-state index contributed by atoms with van der Waals surface area (Å²) >= 11 is 0. The first-order valence-electron chi connectivity index (χ1n) is 8.13. The number of sulfonamides is 1. The molecule has 0 N–H and O–H groups in total. The Morgan fingerprint density at radius 2 is 2.08 bits per heavy atom. The fourth-order valence-electron chi connectivity index (χ4n) is 2.95. The Hall–Kier alpha value is -1.60. The molecule has 0 unspecified atom stereocenters. The van der Waals surface area contributed by atoms with Crippen molar-refractivity contribution in [2.24, 2.45) is 5.92 Å². The fourth-order valence-corrected chi connectivity index (χ4v) is 3.91. The lowest BCUT2D eigenvalue weighted by Crippen LogP contribution is -2.36. The molecular formula is C17H26N2O4S. The predicted octanol–water partition coefficient (Wildman–Crippen LogP) is 1.75. The van der Waals surface area contributed by atoms with Crippen molar-refractivity contribution in [3.8, 4) is 0 Å². The van der Waals surface area contributed by atoms with E-state index in [0.29, 0.717) is 49.8 Å². The summed E-state index contributed by atoms with van der Waals surface area (Å²) in [4.78, 5) is 14.6. The van der Waals surface area contributed by atoms with Crippen LogP contribution < -0.4 is 4.31 Å². The van der Waals surface area contributed by atoms with Gasteiger partial charge in [-0.25, -0.2) is 8.42 Å². The summed E-state index contributed by atoms with van der Waals surface area (Å²) in [5.41, 5.74) is 2.18. The van der Waals surface area contributed by atoms with Crippen LogP contribution in [0.5, 0.6) is 0 Å². The number of hydrogen-bond acceptors (Lipinski definition) is 4. The predicted molar refractivity (Wildman–Crippen MR) is 95.0 cm³/mol. The lowest BCUT2D eigenvalue weighted by atomic mass is 10.1. The molecule has 24 heavy (non-hydrogen) atoms. The number of rotatable bonds is 7. The largest absolute Gasteiger partial charge is 0.383 e. The van der Waals surface area contributed by atoms with E-state index in [-0.39, 0.29) is 5.91 Å². The number of methoxy groups -OCH3 is 1. The van der Waals surface area contributed by atoms with Gasteiger partial charge in [-0.15, -0.1) is 0 Å². The minimum atomic E-state index is -3.27. The van der Waals surface area contributed by atoms with E-state index in [9.17, 15) is 13.2 Å². The number of anilines is 1. The number of nitrogens with zero attached hydrogens (tertiary/aromatic N) is 2. The maximum absolute atomic E-state index is 12.8. The number of hydrogen-bond donors (Lipinski definition) is 0. The van der Waals surface area contributed by atoms with Gasteiger partial charge >= 0.3 is 0 Å². The zero-order valence-corrected chi connectivity index (χ0v) is 15.6. The Bertz CT molecular complexity index is 701. The third kappa shape index (κ3) is 4.27. The van der Waals surface area contributed by atoms with Crippen molar-refractivity contribution in [1.29, 1.82) is 0 Å². The smallest absolute Gasteiger partial charge is 0.253 e. The van der Waals surface area contributed by atoms with Crippen LogP contribution in [0.2, 0.25) is 0 Å². The quantitative estimate of drug-likeness (QED) is 0.748. The molecule has 0 bridgehead atoms. The molecule has 2 rings (SSSR count). The average molecular weight is 354 g/mol. The van der Waals surface area contributed by atoms with Crippen LogP contribution in [0.25, 0.3) is 0 Å². The van der Waals surface area contributed by atoms with Crippen LogP contribution >= 0.6 is 0 Å². The summed E-state index contributed by atoms with van der Waals surface area (Å²) < 4.78 is 30.1. The van der Waals surface area contributed by atoms with Crippen LogP contribution in [0.15, 0.2) is 18.2 Å². The van der Waals surface area contributed by atoms with Crippen molar-refractivity contribution in [2.75, 3.05) is 43.9 Å². The summed E-state index contributed by atoms with van der Waals surface area (Å²) in [6.07, 6.45) is 1.84. The molecule has 0 fully saturated rings. The molecule has 0 saturated heterocycles. The van der Waals surface area contributed by atoms with E-state index in [4.69, 9.17) is 4.74 Å². The highest BCUT2D eigenvalue weighted by Crippen LogP contribution is 2.31. The molecule has 0 radical (unpaired) electrons. The van der Waals surface area contributed by atoms with E-state index in [0.717, 1.165) is 5.56 Å². The fraction of sp³-hybridized carbons (Fsp3) is 0.588. The van der Waals surface area contributed by atoms with E-state index in [1.807, 2.05) is 6.07 Å². The highest BCUT2D eigenvalue weighted by Gasteiger charge is 2.27. The summed E-state index contributed by atoms with van der Waals surface area (Å²) in [6, 6.07) is 5.27. The van der Waals surface area contributed by atoms with E-state index in [1.54, 1.807) is 24.1 Å². The first kappa shape index (κ1) is 18.7. The molecule has 1 amide bonds. The van der Waals surface area contributed by atoms with Crippen molar-refractivity contribution in [2.45, 2.75) is 20.3 Å². The number of carbonyl (C=O) groups excluding carboxylic acids is 1. The van der Waals surface area contributed by atoms with E-state index in [1.165, 1.54) is 10.6 Å². The monoisotopic (exact) mass is 354 g/mol. The van der Waals surface area contributed by atoms with Gasteiger partial charge in [-0.2, -0.15) is 0 Å². The molecule has 1 aromatic carbocycles. The van der Waals surface area contributed by atoms with Gasteiger partial charge in [-0.3, -0.25) is 9.10 Å². The maximum Gasteiger partial charge on any atom is 0.253 e. The zero-order valence-electron chi connectivity index (χ0n) is 14.8. The first-order valence-corrected chi connectivity index (χ1v) is 9.97. The average Bonchev–Trinajstić information content (AvgIpc) is 2.93. The Balaban J connectivity index is 2.24. The van der Waals surface area contributed by atoms with Crippen molar-refractivity contribution in [3.05, 3.63) is 29.3 Å². The summed E-state index contributed by atoms with van der Waals surface area (Å²) in [5.74, 6) is 0.322. The first-order chi connectivity index (χ1) is 11.2. The number of benzene rings is 1. The van der Waals surface area contributed by atoms with Crippen LogP contribution in [0.3, 0.4) is 0 Å². The lowest BCUT2D eigenvalue weighted by molar-refractivity contribution is 0.0672. The van der Waals surface area contributed by atoms with Gasteiger partial charge in [0.15, 0.2) is 0 Å². The van der Waals surface area contributed by atoms with Gasteiger partial charge in [-0.05, 0) is 36.1 Å². The minimum absolute atomic E-state index is 0.0404. The zero-order chi connectivity index (χ0) is 17.9. The summed E-state index contributed by atoms with van der Waals surface area (Å²) in [5, 5.41) is 0. The SMILES string of the molecule is COCCN(CC(C)C)C(=O)c1ccc2c(c1)CCN2S(C)(=O)=O. The third-order valence-corrected chi connectivity index (χ3v) is 5.20. The summed E-state index contributed by atoms with van der Waals surface area (Å²) in [7, 11) is -1.65. The topological polar surface area (TPSA) is 66.9 Å². The molecule has 0 aliphatic carbocycles. The molecule has 0 atom stereocenters. The van der Waals surface area contributed by atoms with E-state index >= 15 is 0 Å². The van der Waals surface area contributed by atoms with Gasteiger partial charge in [0.2, 0.25) is 10.0 Å². The van der Waals surface area contributed by atoms with Crippen molar-refractivity contribution < 1.29 is 17.9 Å². The van der Waals surface area contributed by atoms with Crippen molar-refractivity contribution >= 4 is 21.6 Å². The van der Waals surface area contributed by atoms with Gasteiger partial charge in [-0.1, -0.05) is 13.8 Å². The number of fused-ring (bicyclic) bond motifs is 1. The van der Waals surface area contributed by atoms with Crippen LogP contribution in [0.1, 0.15) is 29.8 Å². The Morgan fingerprint density at radius 3 is 2.67 bits per heavy atom. The van der Waals surface area contributed by atoms with Gasteiger partial charge < -0.3 is 9.64 Å². The molecule has 134 valence electrons. The highest BCUT2D eigenvalue weighted by atomic mass is 32.2. The van der Waals surface area contributed by atoms with Gasteiger partial charge in [0.25, 0.3) is 5.91 Å². The maximum atomic E-state index is 12.8. The van der Waals surface area contributed by atoms with E-state index < -0.39 is 10.0 Å². The third-order valence-electron chi connectivity index (χ3n) is 4.02. The molecule has 0 spiro atoms. The van der Waals surface area contributed by atoms with Gasteiger partial charge in [0.05, 0.1) is 18.6 Å². The molecular weight excluding hydrogens is 328 g/mol. The van der Waals surface area contributed by atoms with Crippen molar-refractivity contribution in [1.82, 2.24) is 4.90 Å². The lowest BCUT2D eigenvalue weighted by Gasteiger charge is -2.25. The number of carbonyl (C=O) groups is 1. The Morgan fingerprint density at radius 1 is 1.38 bits per heavy atom. The second-order valence-corrected chi connectivity index (χ2v) is 8.47. The molecule has 1 heterocycles. The van der Waals surface area contributed by atoms with Crippen LogP contribution in [0, 0.1) is 5.92 Å². The Labute approximate surface area is 144 Å². The molecule has 0 aromatic heterocycles. The van der Waals surface area contributed by atoms with Crippen LogP contribution in [-0.2, 0) is 21.2 Å². The molecule has 1 aliphatic rings. The van der Waals surface area contributed by atoms with Crippen LogP contribution in [0.4, 0.5) is 5.69 Å². The molecule has 1 aliphatic heterocycles. The standard InChI is InChI=1S/C17H26N2O4S/c1-13(2)12-18(9-10-23-3)17(20)15-5-6-16-14(11-15)7-8-19(16)24(4,21)22/h5-6,11,13H,7-10,12H2,1-4H3. The second kappa shape index (κ2) is 7.53.